The van der Waals surface area contributed by atoms with Crippen LogP contribution in [-0.2, 0) is 31.9 Å². The molecule has 0 radical (unpaired) electrons. The number of nitrogens with zero attached hydrogens (tertiary/aromatic N) is 2. The van der Waals surface area contributed by atoms with Crippen LogP contribution in [0.2, 0.25) is 0 Å². The number of hydrogen-bond acceptors (Lipinski definition) is 6. The van der Waals surface area contributed by atoms with Gasteiger partial charge in [-0.05, 0) is 43.4 Å². The molecule has 1 saturated heterocycles. The van der Waals surface area contributed by atoms with Crippen LogP contribution in [0.3, 0.4) is 0 Å². The molecule has 32 heavy (non-hydrogen) atoms. The average Bonchev–Trinajstić information content (AvgIpc) is 2.89. The monoisotopic (exact) mass is 459 g/mol. The van der Waals surface area contributed by atoms with Gasteiger partial charge in [-0.25, -0.2) is 18.1 Å². The van der Waals surface area contributed by atoms with E-state index in [4.69, 9.17) is 5.73 Å². The van der Waals surface area contributed by atoms with E-state index in [2.05, 4.69) is 15.0 Å². The van der Waals surface area contributed by atoms with E-state index in [9.17, 15) is 18.0 Å². The molecule has 1 fully saturated rings. The third-order valence-corrected chi connectivity index (χ3v) is 6.69. The topological polar surface area (TPSA) is 134 Å². The number of hydrogen-bond donors (Lipinski definition) is 3. The summed E-state index contributed by atoms with van der Waals surface area (Å²) in [5, 5.41) is 2.79. The van der Waals surface area contributed by atoms with E-state index >= 15 is 0 Å². The molecule has 1 aromatic carbocycles. The van der Waals surface area contributed by atoms with Crippen LogP contribution in [0.5, 0.6) is 0 Å². The molecule has 10 heteroatoms. The number of nitrogens with two attached hydrogens (primary N) is 1. The summed E-state index contributed by atoms with van der Waals surface area (Å²) in [5.74, 6) is -0.483. The second-order valence-electron chi connectivity index (χ2n) is 7.93. The summed E-state index contributed by atoms with van der Waals surface area (Å²) in [4.78, 5) is 31.0. The number of anilines is 1. The van der Waals surface area contributed by atoms with Crippen molar-refractivity contribution in [2.75, 3.05) is 18.8 Å². The molecular weight excluding hydrogens is 430 g/mol. The quantitative estimate of drug-likeness (QED) is 0.541. The Morgan fingerprint density at radius 1 is 1.19 bits per heavy atom. The molecule has 1 atom stereocenters. The van der Waals surface area contributed by atoms with Crippen molar-refractivity contribution in [2.45, 2.75) is 44.5 Å². The minimum Gasteiger partial charge on any atom is -0.384 e. The first-order chi connectivity index (χ1) is 15.2. The molecule has 0 spiro atoms. The second kappa shape index (κ2) is 10.6. The standard InChI is InChI=1S/C22H29N5O4S/c1-16-18(10-11-20(23)25-16)13-24-21(28)14-27-12-6-5-9-19(22(27)29)26-32(30,31)15-17-7-3-2-4-8-17/h2-4,7-8,10-11,19,26H,5-6,9,12-15H2,1H3,(H2,23,25)(H,24,28)/t19-/m0/s1. The van der Waals surface area contributed by atoms with Gasteiger partial charge in [0, 0.05) is 18.8 Å². The average molecular weight is 460 g/mol. The Hall–Kier alpha value is -2.98. The van der Waals surface area contributed by atoms with Crippen LogP contribution < -0.4 is 15.8 Å². The van der Waals surface area contributed by atoms with Crippen molar-refractivity contribution in [1.29, 1.82) is 0 Å². The lowest BCUT2D eigenvalue weighted by molar-refractivity contribution is -0.136. The van der Waals surface area contributed by atoms with Gasteiger partial charge < -0.3 is 16.0 Å². The van der Waals surface area contributed by atoms with Crippen molar-refractivity contribution in [1.82, 2.24) is 19.9 Å². The van der Waals surface area contributed by atoms with Gasteiger partial charge >= 0.3 is 0 Å². The molecule has 0 aliphatic carbocycles. The Morgan fingerprint density at radius 3 is 2.66 bits per heavy atom. The van der Waals surface area contributed by atoms with E-state index in [0.29, 0.717) is 37.2 Å². The van der Waals surface area contributed by atoms with Crippen molar-refractivity contribution in [2.24, 2.45) is 0 Å². The third kappa shape index (κ3) is 6.76. The predicted molar refractivity (Wildman–Crippen MR) is 122 cm³/mol. The minimum atomic E-state index is -3.71. The summed E-state index contributed by atoms with van der Waals surface area (Å²) in [6.07, 6.45) is 1.80. The van der Waals surface area contributed by atoms with Crippen LogP contribution >= 0.6 is 0 Å². The summed E-state index contributed by atoms with van der Waals surface area (Å²) in [7, 11) is -3.71. The molecule has 2 amide bonds. The fraction of sp³-hybridized carbons (Fsp3) is 0.409. The number of carbonyl (C=O) groups is 2. The second-order valence-corrected chi connectivity index (χ2v) is 9.68. The molecule has 172 valence electrons. The Labute approximate surface area is 188 Å². The smallest absolute Gasteiger partial charge is 0.241 e. The fourth-order valence-electron chi connectivity index (χ4n) is 3.64. The van der Waals surface area contributed by atoms with E-state index in [1.165, 1.54) is 4.90 Å². The number of nitrogens with one attached hydrogen (secondary N) is 2. The maximum atomic E-state index is 13.0. The first-order valence-electron chi connectivity index (χ1n) is 10.5. The number of aryl methyl sites for hydroxylation is 1. The van der Waals surface area contributed by atoms with Gasteiger partial charge in [-0.2, -0.15) is 0 Å². The van der Waals surface area contributed by atoms with Gasteiger partial charge in [0.2, 0.25) is 21.8 Å². The van der Waals surface area contributed by atoms with Gasteiger partial charge in [-0.1, -0.05) is 36.4 Å². The highest BCUT2D eigenvalue weighted by molar-refractivity contribution is 7.88. The maximum Gasteiger partial charge on any atom is 0.241 e. The van der Waals surface area contributed by atoms with Crippen LogP contribution in [0.15, 0.2) is 42.5 Å². The molecule has 3 rings (SSSR count). The Balaban J connectivity index is 1.58. The number of nitrogen functional groups attached to an aromatic ring is 1. The zero-order valence-electron chi connectivity index (χ0n) is 18.1. The lowest BCUT2D eigenvalue weighted by atomic mass is 10.1. The molecule has 1 aliphatic heterocycles. The molecule has 0 saturated carbocycles. The van der Waals surface area contributed by atoms with E-state index in [0.717, 1.165) is 11.3 Å². The van der Waals surface area contributed by atoms with E-state index < -0.39 is 16.1 Å². The van der Waals surface area contributed by atoms with Crippen LogP contribution in [-0.4, -0.2) is 49.2 Å². The van der Waals surface area contributed by atoms with E-state index in [1.807, 2.05) is 13.0 Å². The first kappa shape index (κ1) is 23.7. The maximum absolute atomic E-state index is 13.0. The largest absolute Gasteiger partial charge is 0.384 e. The Bertz CT molecular complexity index is 1060. The van der Waals surface area contributed by atoms with Gasteiger partial charge in [-0.3, -0.25) is 9.59 Å². The number of benzene rings is 1. The van der Waals surface area contributed by atoms with Crippen molar-refractivity contribution < 1.29 is 18.0 Å². The van der Waals surface area contributed by atoms with E-state index in [1.54, 1.807) is 36.4 Å². The molecule has 1 aliphatic rings. The number of likely N-dealkylation sites (tertiary alicyclic amines) is 1. The van der Waals surface area contributed by atoms with Crippen molar-refractivity contribution in [3.8, 4) is 0 Å². The van der Waals surface area contributed by atoms with Crippen molar-refractivity contribution >= 4 is 27.7 Å². The molecule has 2 heterocycles. The third-order valence-electron chi connectivity index (χ3n) is 5.33. The molecule has 0 unspecified atom stereocenters. The highest BCUT2D eigenvalue weighted by atomic mass is 32.2. The van der Waals surface area contributed by atoms with Crippen LogP contribution in [0.1, 0.15) is 36.1 Å². The van der Waals surface area contributed by atoms with Gasteiger partial charge in [0.25, 0.3) is 0 Å². The normalized spacial score (nSPS) is 17.1. The van der Waals surface area contributed by atoms with Crippen molar-refractivity contribution in [3.63, 3.8) is 0 Å². The summed E-state index contributed by atoms with van der Waals surface area (Å²) in [6, 6.07) is 11.4. The first-order valence-corrected chi connectivity index (χ1v) is 12.2. The summed E-state index contributed by atoms with van der Waals surface area (Å²) in [6.45, 7) is 2.36. The molecular formula is C22H29N5O4S. The van der Waals surface area contributed by atoms with Crippen LogP contribution in [0.25, 0.3) is 0 Å². The van der Waals surface area contributed by atoms with Crippen molar-refractivity contribution in [3.05, 3.63) is 59.3 Å². The molecule has 2 aromatic rings. The van der Waals surface area contributed by atoms with Gasteiger partial charge in [-0.15, -0.1) is 0 Å². The molecule has 4 N–H and O–H groups in total. The molecule has 1 aromatic heterocycles. The number of carbonyl (C=O) groups excluding carboxylic acids is 2. The lowest BCUT2D eigenvalue weighted by Gasteiger charge is -2.24. The van der Waals surface area contributed by atoms with Crippen LogP contribution in [0.4, 0.5) is 5.82 Å². The predicted octanol–water partition coefficient (Wildman–Crippen LogP) is 1.09. The molecule has 9 nitrogen and oxygen atoms in total. The lowest BCUT2D eigenvalue weighted by Crippen LogP contribution is -2.50. The fourth-order valence-corrected chi connectivity index (χ4v) is 5.01. The number of aromatic nitrogens is 1. The SMILES string of the molecule is Cc1nc(N)ccc1CNC(=O)CN1CCCC[C@H](NS(=O)(=O)Cc2ccccc2)C1=O. The Morgan fingerprint density at radius 2 is 1.94 bits per heavy atom. The van der Waals surface area contributed by atoms with Gasteiger partial charge in [0.1, 0.15) is 11.9 Å². The summed E-state index contributed by atoms with van der Waals surface area (Å²) in [5.41, 5.74) is 7.85. The zero-order valence-corrected chi connectivity index (χ0v) is 18.9. The van der Waals surface area contributed by atoms with Crippen LogP contribution in [0, 0.1) is 6.92 Å². The summed E-state index contributed by atoms with van der Waals surface area (Å²) < 4.78 is 27.7. The van der Waals surface area contributed by atoms with Gasteiger partial charge in [0.15, 0.2) is 0 Å². The number of amides is 2. The minimum absolute atomic E-state index is 0.128. The van der Waals surface area contributed by atoms with Gasteiger partial charge in [0.05, 0.1) is 12.3 Å². The Kier molecular flexibility index (Phi) is 7.81. The number of pyridine rings is 1. The highest BCUT2D eigenvalue weighted by Gasteiger charge is 2.31. The number of sulfonamides is 1. The number of rotatable bonds is 8. The molecule has 0 bridgehead atoms. The highest BCUT2D eigenvalue weighted by Crippen LogP contribution is 2.15. The van der Waals surface area contributed by atoms with E-state index in [-0.39, 0.29) is 30.7 Å². The summed E-state index contributed by atoms with van der Waals surface area (Å²) >= 11 is 0. The zero-order chi connectivity index (χ0) is 23.1.